The minimum absolute atomic E-state index is 0.111. The average molecular weight is 366 g/mol. The van der Waals surface area contributed by atoms with Crippen LogP contribution in [0, 0.1) is 5.92 Å². The van der Waals surface area contributed by atoms with Gasteiger partial charge in [0, 0.05) is 11.8 Å². The van der Waals surface area contributed by atoms with Crippen LogP contribution in [0.4, 0.5) is 0 Å². The minimum atomic E-state index is -0.236. The molecule has 2 aliphatic carbocycles. The molecule has 1 aliphatic heterocycles. The Labute approximate surface area is 159 Å². The summed E-state index contributed by atoms with van der Waals surface area (Å²) in [6, 6.07) is 8.63. The number of hydrogen-bond donors (Lipinski definition) is 0. The lowest BCUT2D eigenvalue weighted by molar-refractivity contribution is 0.143. The molecule has 2 unspecified atom stereocenters. The standard InChI is InChI=1S/C22H26N2O3/c1-2-16-11-21(25)23-22-24(16)12-18(27-22)13-26-17-7-8-20-15(10-17)9-14-5-3-4-6-19(14)20/h7-8,10-11,14,18-19H,2-6,9,12-13H2,1H3/t14?,18-,19?/m0/s1. The van der Waals surface area contributed by atoms with E-state index in [1.54, 1.807) is 11.6 Å². The molecule has 3 atom stereocenters. The van der Waals surface area contributed by atoms with E-state index < -0.39 is 0 Å². The zero-order valence-corrected chi connectivity index (χ0v) is 15.8. The lowest BCUT2D eigenvalue weighted by atomic mass is 9.80. The van der Waals surface area contributed by atoms with Crippen LogP contribution in [-0.4, -0.2) is 22.3 Å². The summed E-state index contributed by atoms with van der Waals surface area (Å²) in [5.41, 5.74) is 3.75. The second-order valence-electron chi connectivity index (χ2n) is 8.10. The SMILES string of the molecule is CCc1cc(=O)nc2n1C[C@@H](COc1ccc3c(c1)CC1CCCCC31)O2. The molecule has 5 heteroatoms. The third-order valence-electron chi connectivity index (χ3n) is 6.44. The molecular formula is C22H26N2O3. The number of ether oxygens (including phenoxy) is 2. The van der Waals surface area contributed by atoms with Crippen molar-refractivity contribution >= 4 is 0 Å². The van der Waals surface area contributed by atoms with E-state index in [-0.39, 0.29) is 11.7 Å². The van der Waals surface area contributed by atoms with Crippen LogP contribution < -0.4 is 15.0 Å². The summed E-state index contributed by atoms with van der Waals surface area (Å²) in [5.74, 6) is 2.53. The summed E-state index contributed by atoms with van der Waals surface area (Å²) in [6.07, 6.45) is 7.35. The normalized spacial score (nSPS) is 25.4. The first-order chi connectivity index (χ1) is 13.2. The van der Waals surface area contributed by atoms with Gasteiger partial charge in [0.15, 0.2) is 6.10 Å². The minimum Gasteiger partial charge on any atom is -0.490 e. The molecule has 0 N–H and O–H groups in total. The average Bonchev–Trinajstić information content (AvgIpc) is 3.25. The molecule has 0 amide bonds. The van der Waals surface area contributed by atoms with Gasteiger partial charge < -0.3 is 9.47 Å². The van der Waals surface area contributed by atoms with Crippen LogP contribution in [0.25, 0.3) is 0 Å². The van der Waals surface area contributed by atoms with Gasteiger partial charge in [0.1, 0.15) is 12.4 Å². The van der Waals surface area contributed by atoms with E-state index in [1.807, 2.05) is 11.5 Å². The van der Waals surface area contributed by atoms with E-state index in [0.717, 1.165) is 29.7 Å². The van der Waals surface area contributed by atoms with E-state index in [4.69, 9.17) is 9.47 Å². The van der Waals surface area contributed by atoms with Gasteiger partial charge in [-0.1, -0.05) is 25.8 Å². The highest BCUT2D eigenvalue weighted by Gasteiger charge is 2.34. The van der Waals surface area contributed by atoms with E-state index in [9.17, 15) is 4.79 Å². The van der Waals surface area contributed by atoms with Crippen LogP contribution in [-0.2, 0) is 19.4 Å². The van der Waals surface area contributed by atoms with Crippen LogP contribution in [0.5, 0.6) is 11.8 Å². The summed E-state index contributed by atoms with van der Waals surface area (Å²) >= 11 is 0. The summed E-state index contributed by atoms with van der Waals surface area (Å²) in [6.45, 7) is 3.18. The molecule has 2 heterocycles. The van der Waals surface area contributed by atoms with Gasteiger partial charge in [-0.3, -0.25) is 9.36 Å². The molecule has 3 aliphatic rings. The summed E-state index contributed by atoms with van der Waals surface area (Å²) in [5, 5.41) is 0. The Morgan fingerprint density at radius 3 is 3.04 bits per heavy atom. The zero-order chi connectivity index (χ0) is 18.4. The topological polar surface area (TPSA) is 53.4 Å². The maximum atomic E-state index is 11.7. The quantitative estimate of drug-likeness (QED) is 0.831. The Morgan fingerprint density at radius 1 is 1.26 bits per heavy atom. The van der Waals surface area contributed by atoms with Gasteiger partial charge in [0.2, 0.25) is 0 Å². The molecule has 1 aromatic heterocycles. The van der Waals surface area contributed by atoms with E-state index >= 15 is 0 Å². The molecule has 1 aromatic carbocycles. The maximum absolute atomic E-state index is 11.7. The van der Waals surface area contributed by atoms with Crippen molar-refractivity contribution in [3.8, 4) is 11.8 Å². The maximum Gasteiger partial charge on any atom is 0.300 e. The van der Waals surface area contributed by atoms with Gasteiger partial charge in [0.05, 0.1) is 6.54 Å². The van der Waals surface area contributed by atoms with Crippen molar-refractivity contribution < 1.29 is 9.47 Å². The fraction of sp³-hybridized carbons (Fsp3) is 0.545. The molecule has 142 valence electrons. The van der Waals surface area contributed by atoms with Crippen LogP contribution in [0.1, 0.15) is 55.3 Å². The largest absolute Gasteiger partial charge is 0.490 e. The number of aromatic nitrogens is 2. The fourth-order valence-corrected chi connectivity index (χ4v) is 5.13. The van der Waals surface area contributed by atoms with Crippen molar-refractivity contribution in [3.05, 3.63) is 51.4 Å². The predicted octanol–water partition coefficient (Wildman–Crippen LogP) is 3.48. The first-order valence-corrected chi connectivity index (χ1v) is 10.2. The molecule has 2 aromatic rings. The van der Waals surface area contributed by atoms with Crippen LogP contribution in [0.3, 0.4) is 0 Å². The molecule has 5 nitrogen and oxygen atoms in total. The number of nitrogens with zero attached hydrogens (tertiary/aromatic N) is 2. The number of aryl methyl sites for hydroxylation is 1. The summed E-state index contributed by atoms with van der Waals surface area (Å²) in [7, 11) is 0. The molecule has 0 bridgehead atoms. The molecule has 0 spiro atoms. The van der Waals surface area contributed by atoms with E-state index in [2.05, 4.69) is 23.2 Å². The van der Waals surface area contributed by atoms with Gasteiger partial charge in [0.25, 0.3) is 11.6 Å². The highest BCUT2D eigenvalue weighted by molar-refractivity contribution is 5.42. The number of hydrogen-bond acceptors (Lipinski definition) is 4. The first-order valence-electron chi connectivity index (χ1n) is 10.2. The number of benzene rings is 1. The zero-order valence-electron chi connectivity index (χ0n) is 15.8. The van der Waals surface area contributed by atoms with Crippen LogP contribution in [0.2, 0.25) is 0 Å². The molecule has 5 rings (SSSR count). The van der Waals surface area contributed by atoms with Gasteiger partial charge in [-0.15, -0.1) is 0 Å². The number of rotatable bonds is 4. The van der Waals surface area contributed by atoms with Crippen LogP contribution in [0.15, 0.2) is 29.1 Å². The number of fused-ring (bicyclic) bond motifs is 4. The highest BCUT2D eigenvalue weighted by Crippen LogP contribution is 2.47. The van der Waals surface area contributed by atoms with Crippen molar-refractivity contribution in [2.24, 2.45) is 5.92 Å². The Kier molecular flexibility index (Phi) is 4.18. The molecule has 0 saturated heterocycles. The second-order valence-corrected chi connectivity index (χ2v) is 8.10. The Balaban J connectivity index is 1.26. The molecular weight excluding hydrogens is 340 g/mol. The Bertz CT molecular complexity index is 920. The van der Waals surface area contributed by atoms with Gasteiger partial charge in [-0.25, -0.2) is 0 Å². The van der Waals surface area contributed by atoms with E-state index in [1.165, 1.54) is 37.7 Å². The first kappa shape index (κ1) is 16.8. The molecule has 1 fully saturated rings. The summed E-state index contributed by atoms with van der Waals surface area (Å²) < 4.78 is 13.9. The third-order valence-corrected chi connectivity index (χ3v) is 6.44. The lowest BCUT2D eigenvalue weighted by Crippen LogP contribution is -2.23. The van der Waals surface area contributed by atoms with Crippen molar-refractivity contribution in [2.75, 3.05) is 6.61 Å². The van der Waals surface area contributed by atoms with Gasteiger partial charge in [-0.2, -0.15) is 4.98 Å². The summed E-state index contributed by atoms with van der Waals surface area (Å²) in [4.78, 5) is 15.7. The lowest BCUT2D eigenvalue weighted by Gasteiger charge is -2.25. The van der Waals surface area contributed by atoms with Crippen molar-refractivity contribution in [2.45, 2.75) is 64.0 Å². The van der Waals surface area contributed by atoms with Crippen LogP contribution >= 0.6 is 0 Å². The van der Waals surface area contributed by atoms with Gasteiger partial charge in [-0.05, 0) is 60.8 Å². The van der Waals surface area contributed by atoms with E-state index in [0.29, 0.717) is 19.2 Å². The predicted molar refractivity (Wildman–Crippen MR) is 103 cm³/mol. The Hall–Kier alpha value is -2.30. The molecule has 0 radical (unpaired) electrons. The van der Waals surface area contributed by atoms with Crippen molar-refractivity contribution in [1.29, 1.82) is 0 Å². The smallest absolute Gasteiger partial charge is 0.300 e. The highest BCUT2D eigenvalue weighted by atomic mass is 16.6. The second kappa shape index (κ2) is 6.70. The Morgan fingerprint density at radius 2 is 2.15 bits per heavy atom. The van der Waals surface area contributed by atoms with Gasteiger partial charge >= 0.3 is 0 Å². The van der Waals surface area contributed by atoms with Crippen molar-refractivity contribution in [3.63, 3.8) is 0 Å². The monoisotopic (exact) mass is 366 g/mol. The third kappa shape index (κ3) is 3.03. The molecule has 27 heavy (non-hydrogen) atoms. The fourth-order valence-electron chi connectivity index (χ4n) is 5.13. The van der Waals surface area contributed by atoms with Crippen molar-refractivity contribution in [1.82, 2.24) is 9.55 Å². The molecule has 1 saturated carbocycles.